The molecule has 0 spiro atoms. The smallest absolute Gasteiger partial charge is 0.220 e. The van der Waals surface area contributed by atoms with E-state index in [1.54, 1.807) is 0 Å². The molecule has 1 aliphatic heterocycles. The lowest BCUT2D eigenvalue weighted by Crippen LogP contribution is -2.68. The van der Waals surface area contributed by atoms with E-state index >= 15 is 0 Å². The van der Waals surface area contributed by atoms with Gasteiger partial charge in [0.05, 0.1) is 0 Å². The van der Waals surface area contributed by atoms with Crippen LogP contribution in [0.2, 0.25) is 0 Å². The molecule has 1 heterocycles. The van der Waals surface area contributed by atoms with Gasteiger partial charge < -0.3 is 5.32 Å². The number of piperidine rings is 1. The number of amides is 1. The van der Waals surface area contributed by atoms with Gasteiger partial charge >= 0.3 is 0 Å². The Morgan fingerprint density at radius 3 is 2.64 bits per heavy atom. The SMILES string of the molecule is CC[C@]12CC[C@H]3[C@@H]4CCC[C@@]4(C)CC[C@@H]3[C@@]1(C)CCC(=O)N2. The van der Waals surface area contributed by atoms with Crippen LogP contribution in [0.25, 0.3) is 0 Å². The van der Waals surface area contributed by atoms with Gasteiger partial charge in [-0.05, 0) is 80.0 Å². The lowest BCUT2D eigenvalue weighted by Gasteiger charge is -2.64. The Bertz CT molecular complexity index is 488. The fraction of sp³-hybridized carbons (Fsp3) is 0.950. The first-order valence-electron chi connectivity index (χ1n) is 9.75. The second kappa shape index (κ2) is 4.74. The van der Waals surface area contributed by atoms with Crippen LogP contribution in [-0.2, 0) is 4.79 Å². The molecular formula is C20H33NO. The maximum Gasteiger partial charge on any atom is 0.220 e. The number of carbonyl (C=O) groups excluding carboxylic acids is 1. The van der Waals surface area contributed by atoms with Crippen LogP contribution >= 0.6 is 0 Å². The standard InChI is InChI=1S/C20H33NO/c1-4-20-13-7-14-15-6-5-10-18(15,2)11-8-16(14)19(20,3)12-9-17(22)21-20/h14-16H,4-13H2,1-3H3,(H,21,22)/t14-,15-,16-,18-,19+,20-/m0/s1. The van der Waals surface area contributed by atoms with E-state index in [4.69, 9.17) is 0 Å². The van der Waals surface area contributed by atoms with E-state index in [0.717, 1.165) is 37.0 Å². The minimum atomic E-state index is 0.0931. The van der Waals surface area contributed by atoms with Gasteiger partial charge in [0.2, 0.25) is 5.91 Å². The first-order chi connectivity index (χ1) is 10.4. The highest BCUT2D eigenvalue weighted by molar-refractivity contribution is 5.78. The van der Waals surface area contributed by atoms with Gasteiger partial charge in [0.25, 0.3) is 0 Å². The fourth-order valence-corrected chi connectivity index (χ4v) is 7.53. The lowest BCUT2D eigenvalue weighted by atomic mass is 9.43. The van der Waals surface area contributed by atoms with Crippen molar-refractivity contribution >= 4 is 5.91 Å². The molecule has 4 fully saturated rings. The molecule has 3 aliphatic carbocycles. The topological polar surface area (TPSA) is 29.1 Å². The van der Waals surface area contributed by atoms with E-state index < -0.39 is 0 Å². The first-order valence-corrected chi connectivity index (χ1v) is 9.75. The molecule has 0 bridgehead atoms. The largest absolute Gasteiger partial charge is 0.350 e. The molecular weight excluding hydrogens is 270 g/mol. The molecule has 124 valence electrons. The third kappa shape index (κ3) is 1.76. The van der Waals surface area contributed by atoms with Crippen molar-refractivity contribution in [2.75, 3.05) is 0 Å². The summed E-state index contributed by atoms with van der Waals surface area (Å²) in [6.07, 6.45) is 12.8. The summed E-state index contributed by atoms with van der Waals surface area (Å²) in [5, 5.41) is 3.49. The van der Waals surface area contributed by atoms with Gasteiger partial charge in [0.15, 0.2) is 0 Å². The summed E-state index contributed by atoms with van der Waals surface area (Å²) < 4.78 is 0. The molecule has 6 atom stereocenters. The van der Waals surface area contributed by atoms with Gasteiger partial charge in [-0.3, -0.25) is 4.79 Å². The molecule has 0 aromatic rings. The molecule has 2 heteroatoms. The van der Waals surface area contributed by atoms with Crippen molar-refractivity contribution in [3.8, 4) is 0 Å². The van der Waals surface area contributed by atoms with E-state index in [1.165, 1.54) is 44.9 Å². The molecule has 1 saturated heterocycles. The molecule has 4 aliphatic rings. The normalized spacial score (nSPS) is 54.1. The van der Waals surface area contributed by atoms with E-state index in [1.807, 2.05) is 0 Å². The van der Waals surface area contributed by atoms with Gasteiger partial charge in [-0.2, -0.15) is 0 Å². The van der Waals surface area contributed by atoms with Crippen molar-refractivity contribution < 1.29 is 4.79 Å². The maximum atomic E-state index is 12.1. The van der Waals surface area contributed by atoms with Crippen LogP contribution in [0.1, 0.15) is 85.0 Å². The zero-order valence-corrected chi connectivity index (χ0v) is 14.7. The highest BCUT2D eigenvalue weighted by Gasteiger charge is 2.62. The van der Waals surface area contributed by atoms with Crippen molar-refractivity contribution in [1.82, 2.24) is 5.32 Å². The summed E-state index contributed by atoms with van der Waals surface area (Å²) in [7, 11) is 0. The van der Waals surface area contributed by atoms with E-state index in [-0.39, 0.29) is 5.54 Å². The summed E-state index contributed by atoms with van der Waals surface area (Å²) in [6.45, 7) is 7.41. The van der Waals surface area contributed by atoms with Gasteiger partial charge in [0, 0.05) is 12.0 Å². The predicted molar refractivity (Wildman–Crippen MR) is 89.4 cm³/mol. The Balaban J connectivity index is 1.70. The second-order valence-electron chi connectivity index (χ2n) is 9.40. The highest BCUT2D eigenvalue weighted by atomic mass is 16.1. The van der Waals surface area contributed by atoms with Gasteiger partial charge in [-0.25, -0.2) is 0 Å². The maximum absolute atomic E-state index is 12.1. The average molecular weight is 303 g/mol. The van der Waals surface area contributed by atoms with E-state index in [2.05, 4.69) is 26.1 Å². The van der Waals surface area contributed by atoms with Crippen molar-refractivity contribution in [2.45, 2.75) is 90.5 Å². The number of rotatable bonds is 1. The zero-order valence-electron chi connectivity index (χ0n) is 14.7. The van der Waals surface area contributed by atoms with Crippen LogP contribution in [0.3, 0.4) is 0 Å². The van der Waals surface area contributed by atoms with Gasteiger partial charge in [0.1, 0.15) is 0 Å². The van der Waals surface area contributed by atoms with Crippen molar-refractivity contribution in [3.05, 3.63) is 0 Å². The third-order valence-corrected chi connectivity index (χ3v) is 8.89. The second-order valence-corrected chi connectivity index (χ2v) is 9.40. The van der Waals surface area contributed by atoms with Crippen molar-refractivity contribution in [2.24, 2.45) is 28.6 Å². The fourth-order valence-electron chi connectivity index (χ4n) is 7.53. The van der Waals surface area contributed by atoms with Crippen LogP contribution < -0.4 is 5.32 Å². The summed E-state index contributed by atoms with van der Waals surface area (Å²) in [6, 6.07) is 0. The summed E-state index contributed by atoms with van der Waals surface area (Å²) in [5.74, 6) is 3.05. The quantitative estimate of drug-likeness (QED) is 0.749. The third-order valence-electron chi connectivity index (χ3n) is 8.89. The molecule has 0 aromatic carbocycles. The minimum absolute atomic E-state index is 0.0931. The van der Waals surface area contributed by atoms with Gasteiger partial charge in [-0.15, -0.1) is 0 Å². The number of hydrogen-bond acceptors (Lipinski definition) is 1. The van der Waals surface area contributed by atoms with Crippen molar-refractivity contribution in [3.63, 3.8) is 0 Å². The molecule has 0 aromatic heterocycles. The Labute approximate surface area is 135 Å². The molecule has 3 saturated carbocycles. The van der Waals surface area contributed by atoms with E-state index in [0.29, 0.717) is 16.7 Å². The first kappa shape index (κ1) is 15.0. The molecule has 0 unspecified atom stereocenters. The molecule has 0 radical (unpaired) electrons. The van der Waals surface area contributed by atoms with Crippen LogP contribution in [0.15, 0.2) is 0 Å². The van der Waals surface area contributed by atoms with E-state index in [9.17, 15) is 4.79 Å². The monoisotopic (exact) mass is 303 g/mol. The lowest BCUT2D eigenvalue weighted by molar-refractivity contribution is -0.152. The highest BCUT2D eigenvalue weighted by Crippen LogP contribution is 2.66. The molecule has 4 rings (SSSR count). The van der Waals surface area contributed by atoms with Crippen LogP contribution in [-0.4, -0.2) is 11.4 Å². The van der Waals surface area contributed by atoms with Crippen LogP contribution in [0, 0.1) is 28.6 Å². The van der Waals surface area contributed by atoms with Crippen molar-refractivity contribution in [1.29, 1.82) is 0 Å². The molecule has 1 amide bonds. The Hall–Kier alpha value is -0.530. The molecule has 22 heavy (non-hydrogen) atoms. The minimum Gasteiger partial charge on any atom is -0.350 e. The average Bonchev–Trinajstić information content (AvgIpc) is 2.89. The molecule has 1 N–H and O–H groups in total. The number of fused-ring (bicyclic) bond motifs is 5. The summed E-state index contributed by atoms with van der Waals surface area (Å²) in [4.78, 5) is 12.1. The molecule has 2 nitrogen and oxygen atoms in total. The Morgan fingerprint density at radius 2 is 1.86 bits per heavy atom. The summed E-state index contributed by atoms with van der Waals surface area (Å²) in [5.41, 5.74) is 1.07. The predicted octanol–water partition coefficient (Wildman–Crippen LogP) is 4.68. The van der Waals surface area contributed by atoms with Crippen LogP contribution in [0.5, 0.6) is 0 Å². The van der Waals surface area contributed by atoms with Crippen LogP contribution in [0.4, 0.5) is 0 Å². The van der Waals surface area contributed by atoms with Gasteiger partial charge in [-0.1, -0.05) is 27.2 Å². The Morgan fingerprint density at radius 1 is 1.05 bits per heavy atom. The summed E-state index contributed by atoms with van der Waals surface area (Å²) >= 11 is 0. The number of nitrogens with one attached hydrogen (secondary N) is 1. The number of carbonyl (C=O) groups is 1. The zero-order chi connectivity index (χ0) is 15.6. The number of hydrogen-bond donors (Lipinski definition) is 1. The Kier molecular flexibility index (Phi) is 3.24.